The molecule has 648 valence electrons. The molecule has 0 saturated carbocycles. The number of nitrogens with zero attached hydrogens (tertiary/aromatic N) is 2. The first-order chi connectivity index (χ1) is 54.1. The van der Waals surface area contributed by atoms with Crippen molar-refractivity contribution in [2.24, 2.45) is 57.5 Å². The number of amides is 12. The first kappa shape index (κ1) is 101. The smallest absolute Gasteiger partial charge is 0.326 e. The maximum atomic E-state index is 14.9. The highest BCUT2D eigenvalue weighted by Crippen LogP contribution is 2.24. The van der Waals surface area contributed by atoms with Crippen molar-refractivity contribution in [2.45, 2.75) is 276 Å². The Kier molecular flexibility index (Phi) is 46.2. The number of nitrogens with two attached hydrogens (primary N) is 4. The van der Waals surface area contributed by atoms with Crippen LogP contribution in [0.15, 0.2) is 29.3 Å². The minimum atomic E-state index is -1.74. The van der Waals surface area contributed by atoms with Gasteiger partial charge in [-0.2, -0.15) is 11.8 Å². The number of hydrogen-bond donors (Lipinski definition) is 20. The Morgan fingerprint density at radius 2 is 0.870 bits per heavy atom. The molecule has 1 fully saturated rings. The van der Waals surface area contributed by atoms with E-state index in [1.807, 2.05) is 0 Å². The molecule has 1 aromatic carbocycles. The van der Waals surface area contributed by atoms with Crippen LogP contribution in [0, 0.1) is 29.6 Å². The number of thioether (sulfide) groups is 1. The van der Waals surface area contributed by atoms with E-state index in [2.05, 4.69) is 63.5 Å². The van der Waals surface area contributed by atoms with Crippen LogP contribution in [-0.4, -0.2) is 241 Å². The van der Waals surface area contributed by atoms with Crippen LogP contribution in [0.4, 0.5) is 0 Å². The SMILES string of the molecule is CC[C@H](C)[C@H](NC(=O)[C@H](CCSC)NC(=O)[C@H](CC(C)C)NC(=O)[C@H](CCC(=O)O)NC(=O)[C@@H](N)CCC(=O)O)C(=O)N[C@@H](CC(C)C)C(=O)N[C@@H](CC(C)C)C(=O)N[C@@H](CCC(=O)O)C(=O)N[C@@H](Cc1ccc(O)cc1)C(=O)N[C@@H](CCCCN)C(=O)N[C@H](C(=O)N1CCC[C@H]1C(=O)N[C@@H](CCCN=C(N)N)C(=O)O)[C@@H](C)CC. The molecular formula is C76H127N17O21S. The van der Waals surface area contributed by atoms with E-state index in [4.69, 9.17) is 28.0 Å². The van der Waals surface area contributed by atoms with Crippen LogP contribution in [0.3, 0.4) is 0 Å². The average Bonchev–Trinajstić information content (AvgIpc) is 1.73. The minimum absolute atomic E-state index is 0.00319. The third-order valence-corrected chi connectivity index (χ3v) is 20.0. The topological polar surface area (TPSA) is 626 Å². The Bertz CT molecular complexity index is 3440. The van der Waals surface area contributed by atoms with Gasteiger partial charge >= 0.3 is 23.9 Å². The van der Waals surface area contributed by atoms with Crippen molar-refractivity contribution in [3.63, 3.8) is 0 Å². The summed E-state index contributed by atoms with van der Waals surface area (Å²) in [5.74, 6) is -18.0. The lowest BCUT2D eigenvalue weighted by Gasteiger charge is -2.33. The Balaban J connectivity index is 2.59. The molecule has 1 aliphatic rings. The highest BCUT2D eigenvalue weighted by Gasteiger charge is 2.43. The number of phenolic OH excluding ortho intramolecular Hbond substituents is 1. The van der Waals surface area contributed by atoms with Crippen LogP contribution >= 0.6 is 11.8 Å². The summed E-state index contributed by atoms with van der Waals surface area (Å²) in [7, 11) is 0. The molecular weight excluding hydrogens is 1520 g/mol. The highest BCUT2D eigenvalue weighted by atomic mass is 32.2. The van der Waals surface area contributed by atoms with Crippen LogP contribution in [-0.2, 0) is 83.1 Å². The molecule has 0 unspecified atom stereocenters. The number of hydrogen-bond acceptors (Lipinski definition) is 21. The van der Waals surface area contributed by atoms with E-state index in [1.165, 1.54) is 40.9 Å². The second-order valence-corrected chi connectivity index (χ2v) is 31.5. The fraction of sp³-hybridized carbons (Fsp3) is 0.697. The molecule has 39 heteroatoms. The molecule has 0 spiro atoms. The maximum absolute atomic E-state index is 14.9. The van der Waals surface area contributed by atoms with Crippen molar-refractivity contribution in [1.82, 2.24) is 63.4 Å². The van der Waals surface area contributed by atoms with Gasteiger partial charge in [-0.3, -0.25) is 76.9 Å². The summed E-state index contributed by atoms with van der Waals surface area (Å²) < 4.78 is 0. The van der Waals surface area contributed by atoms with Gasteiger partial charge in [0.1, 0.15) is 78.3 Å². The third-order valence-electron chi connectivity index (χ3n) is 19.4. The molecule has 1 aromatic rings. The number of likely N-dealkylation sites (tertiary alicyclic amines) is 1. The highest BCUT2D eigenvalue weighted by molar-refractivity contribution is 7.98. The van der Waals surface area contributed by atoms with Crippen LogP contribution in [0.5, 0.6) is 5.75 Å². The van der Waals surface area contributed by atoms with Crippen LogP contribution in [0.1, 0.15) is 197 Å². The number of unbranched alkanes of at least 4 members (excludes halogenated alkanes) is 1. The number of carbonyl (C=O) groups excluding carboxylic acids is 12. The number of guanidine groups is 1. The van der Waals surface area contributed by atoms with E-state index < -0.39 is 217 Å². The molecule has 38 nitrogen and oxygen atoms in total. The summed E-state index contributed by atoms with van der Waals surface area (Å²) in [5, 5.41) is 77.7. The van der Waals surface area contributed by atoms with Crippen LogP contribution in [0.2, 0.25) is 0 Å². The molecule has 1 heterocycles. The number of carbonyl (C=O) groups is 16. The number of phenols is 1. The molecule has 1 aliphatic heterocycles. The Morgan fingerprint density at radius 3 is 1.31 bits per heavy atom. The Hall–Kier alpha value is -9.92. The van der Waals surface area contributed by atoms with E-state index in [1.54, 1.807) is 75.5 Å². The van der Waals surface area contributed by atoms with E-state index in [-0.39, 0.29) is 126 Å². The first-order valence-corrected chi connectivity index (χ1v) is 40.8. The van der Waals surface area contributed by atoms with Crippen molar-refractivity contribution in [1.29, 1.82) is 0 Å². The molecule has 12 amide bonds. The predicted octanol–water partition coefficient (Wildman–Crippen LogP) is -0.569. The average molecular weight is 1650 g/mol. The fourth-order valence-corrected chi connectivity index (χ4v) is 13.0. The van der Waals surface area contributed by atoms with E-state index in [0.29, 0.717) is 30.6 Å². The summed E-state index contributed by atoms with van der Waals surface area (Å²) in [4.78, 5) is 225. The van der Waals surface area contributed by atoms with Crippen molar-refractivity contribution in [3.05, 3.63) is 29.8 Å². The number of carboxylic acid groups (broad SMARTS) is 4. The summed E-state index contributed by atoms with van der Waals surface area (Å²) in [6.07, 6.45) is 0.0627. The van der Waals surface area contributed by atoms with Gasteiger partial charge in [0.15, 0.2) is 5.96 Å². The number of carboxylic acids is 4. The Morgan fingerprint density at radius 1 is 0.478 bits per heavy atom. The van der Waals surface area contributed by atoms with Crippen LogP contribution < -0.4 is 81.4 Å². The lowest BCUT2D eigenvalue weighted by molar-refractivity contribution is -0.145. The largest absolute Gasteiger partial charge is 0.508 e. The van der Waals surface area contributed by atoms with E-state index in [0.717, 1.165) is 0 Å². The molecule has 15 atom stereocenters. The number of nitrogens with one attached hydrogen (secondary N) is 11. The summed E-state index contributed by atoms with van der Waals surface area (Å²) in [6.45, 7) is 17.7. The van der Waals surface area contributed by atoms with E-state index >= 15 is 0 Å². The van der Waals surface area contributed by atoms with Gasteiger partial charge in [-0.15, -0.1) is 0 Å². The summed E-state index contributed by atoms with van der Waals surface area (Å²) in [6, 6.07) is -12.9. The molecule has 0 bridgehead atoms. The zero-order valence-corrected chi connectivity index (χ0v) is 68.9. The zero-order valence-electron chi connectivity index (χ0n) is 68.1. The van der Waals surface area contributed by atoms with Gasteiger partial charge in [0.2, 0.25) is 70.9 Å². The molecule has 2 rings (SSSR count). The van der Waals surface area contributed by atoms with Gasteiger partial charge in [0, 0.05) is 38.8 Å². The monoisotopic (exact) mass is 1650 g/mol. The van der Waals surface area contributed by atoms with Crippen molar-refractivity contribution < 1.29 is 102 Å². The molecule has 0 radical (unpaired) electrons. The lowest BCUT2D eigenvalue weighted by atomic mass is 9.95. The second kappa shape index (κ2) is 52.5. The van der Waals surface area contributed by atoms with Crippen molar-refractivity contribution in [3.8, 4) is 5.75 Å². The van der Waals surface area contributed by atoms with Gasteiger partial charge in [0.05, 0.1) is 6.04 Å². The standard InChI is InChI=1S/C76H127N17O21S/c1-12-43(9)61(91-67(105)51(31-35-115-11)85-69(107)53(36-40(3)4)87-64(102)49(26-29-59(97)98)82-63(101)47(78)25-28-58(95)96)73(111)90-55(38-42(7)8)70(108)88-54(37-41(5)6)68(106)84-50(27-30-60(99)100)65(103)89-56(39-45-21-23-46(94)24-22-45)71(109)83-48(18-14-15-32-77)66(104)92-62(44(10)13-2)74(112)93-34-17-20-57(93)72(110)86-52(75(113)114)19-16-33-81-76(79)80/h21-24,40-44,47-57,61-62,94H,12-20,25-39,77-78H2,1-11H3,(H,82,101)(H,83,109)(H,84,106)(H,85,107)(H,86,110)(H,87,102)(H,88,108)(H,89,103)(H,90,111)(H,91,105)(H,92,104)(H,95,96)(H,97,98)(H,99,100)(H,113,114)(H4,79,80,81)/t43-,44-,47-,48-,49-,50-,51-,52-,53-,54-,55-,56-,57-,61-,62-/m0/s1. The number of rotatable bonds is 56. The van der Waals surface area contributed by atoms with E-state index in [9.17, 15) is 97.1 Å². The van der Waals surface area contributed by atoms with Gasteiger partial charge in [-0.25, -0.2) is 4.79 Å². The summed E-state index contributed by atoms with van der Waals surface area (Å²) in [5.41, 5.74) is 22.9. The fourth-order valence-electron chi connectivity index (χ4n) is 12.5. The van der Waals surface area contributed by atoms with Crippen LogP contribution in [0.25, 0.3) is 0 Å². The number of benzene rings is 1. The number of aromatic hydroxyl groups is 1. The molecule has 0 aliphatic carbocycles. The van der Waals surface area contributed by atoms with Gasteiger partial charge < -0.3 is 112 Å². The van der Waals surface area contributed by atoms with Gasteiger partial charge in [-0.1, -0.05) is 94.2 Å². The lowest BCUT2D eigenvalue weighted by Crippen LogP contribution is -2.62. The predicted molar refractivity (Wildman–Crippen MR) is 427 cm³/mol. The molecule has 0 aromatic heterocycles. The van der Waals surface area contributed by atoms with Crippen molar-refractivity contribution >= 4 is 112 Å². The normalized spacial score (nSPS) is 16.3. The molecule has 24 N–H and O–H groups in total. The minimum Gasteiger partial charge on any atom is -0.508 e. The van der Waals surface area contributed by atoms with Crippen molar-refractivity contribution in [2.75, 3.05) is 31.6 Å². The maximum Gasteiger partial charge on any atom is 0.326 e. The zero-order chi connectivity index (χ0) is 86.9. The molecule has 115 heavy (non-hydrogen) atoms. The number of aliphatic carboxylic acids is 4. The third kappa shape index (κ3) is 37.9. The second-order valence-electron chi connectivity index (χ2n) is 30.5. The number of aliphatic imine (C=N–C) groups is 1. The van der Waals surface area contributed by atoms with Gasteiger partial charge in [0.25, 0.3) is 0 Å². The first-order valence-electron chi connectivity index (χ1n) is 39.4. The molecule has 1 saturated heterocycles. The quantitative estimate of drug-likeness (QED) is 0.0221. The Labute approximate surface area is 676 Å². The summed E-state index contributed by atoms with van der Waals surface area (Å²) >= 11 is 1.33. The van der Waals surface area contributed by atoms with Gasteiger partial charge in [-0.05, 0) is 156 Å².